The number of esters is 1. The highest BCUT2D eigenvalue weighted by Crippen LogP contribution is 2.20. The van der Waals surface area contributed by atoms with Crippen molar-refractivity contribution in [2.75, 3.05) is 6.61 Å². The van der Waals surface area contributed by atoms with Crippen molar-refractivity contribution in [3.05, 3.63) is 38.9 Å². The largest absolute Gasteiger partial charge is 0.465 e. The van der Waals surface area contributed by atoms with Gasteiger partial charge in [-0.15, -0.1) is 0 Å². The molecule has 1 aromatic rings. The van der Waals surface area contributed by atoms with Gasteiger partial charge in [-0.2, -0.15) is 0 Å². The summed E-state index contributed by atoms with van der Waals surface area (Å²) in [4.78, 5) is 21.1. The minimum absolute atomic E-state index is 0.0765. The predicted octanol–water partition coefficient (Wildman–Crippen LogP) is 2.55. The Balaban J connectivity index is 2.84. The van der Waals surface area contributed by atoms with Gasteiger partial charge in [0.2, 0.25) is 0 Å². The van der Waals surface area contributed by atoms with E-state index in [4.69, 9.17) is 11.6 Å². The SMILES string of the molecule is CCOC(=O)CC#Cc1cc([N+](=O)[O-])ccc1Cl. The van der Waals surface area contributed by atoms with Crippen LogP contribution in [-0.2, 0) is 9.53 Å². The molecule has 0 heterocycles. The van der Waals surface area contributed by atoms with Gasteiger partial charge in [0, 0.05) is 17.7 Å². The first kappa shape index (κ1) is 14.0. The average Bonchev–Trinajstić information content (AvgIpc) is 2.31. The molecular weight excluding hydrogens is 258 g/mol. The highest BCUT2D eigenvalue weighted by Gasteiger charge is 2.08. The highest BCUT2D eigenvalue weighted by molar-refractivity contribution is 6.31. The van der Waals surface area contributed by atoms with Gasteiger partial charge in [0.25, 0.3) is 5.69 Å². The second-order valence-corrected chi connectivity index (χ2v) is 3.61. The van der Waals surface area contributed by atoms with Crippen LogP contribution in [0.1, 0.15) is 18.9 Å². The Morgan fingerprint density at radius 2 is 2.28 bits per heavy atom. The number of non-ortho nitro benzene ring substituents is 1. The average molecular weight is 268 g/mol. The van der Waals surface area contributed by atoms with Gasteiger partial charge in [0.1, 0.15) is 6.42 Å². The number of hydrogen-bond acceptors (Lipinski definition) is 4. The third-order valence-electron chi connectivity index (χ3n) is 1.92. The number of nitro groups is 1. The van der Waals surface area contributed by atoms with Crippen LogP contribution >= 0.6 is 11.6 Å². The first-order chi connectivity index (χ1) is 8.54. The fourth-order valence-electron chi connectivity index (χ4n) is 1.15. The third kappa shape index (κ3) is 4.07. The molecule has 6 heteroatoms. The first-order valence-electron chi connectivity index (χ1n) is 5.13. The number of rotatable bonds is 3. The van der Waals surface area contributed by atoms with Crippen LogP contribution in [0.2, 0.25) is 5.02 Å². The second-order valence-electron chi connectivity index (χ2n) is 3.20. The van der Waals surface area contributed by atoms with Crippen LogP contribution in [0, 0.1) is 22.0 Å². The van der Waals surface area contributed by atoms with E-state index >= 15 is 0 Å². The molecule has 0 aliphatic rings. The van der Waals surface area contributed by atoms with E-state index in [1.54, 1.807) is 6.92 Å². The number of halogens is 1. The summed E-state index contributed by atoms with van der Waals surface area (Å²) in [6.07, 6.45) is -0.0765. The van der Waals surface area contributed by atoms with Crippen molar-refractivity contribution >= 4 is 23.3 Å². The van der Waals surface area contributed by atoms with Gasteiger partial charge in [-0.3, -0.25) is 14.9 Å². The van der Waals surface area contributed by atoms with Gasteiger partial charge in [-0.1, -0.05) is 23.4 Å². The lowest BCUT2D eigenvalue weighted by Gasteiger charge is -1.96. The van der Waals surface area contributed by atoms with Crippen molar-refractivity contribution in [2.24, 2.45) is 0 Å². The molecule has 0 fully saturated rings. The summed E-state index contributed by atoms with van der Waals surface area (Å²) in [5, 5.41) is 10.9. The minimum atomic E-state index is -0.535. The van der Waals surface area contributed by atoms with Gasteiger partial charge in [-0.25, -0.2) is 0 Å². The summed E-state index contributed by atoms with van der Waals surface area (Å²) in [5.41, 5.74) is 0.218. The summed E-state index contributed by atoms with van der Waals surface area (Å²) < 4.78 is 4.69. The zero-order chi connectivity index (χ0) is 13.5. The summed E-state index contributed by atoms with van der Waals surface area (Å²) >= 11 is 5.84. The topological polar surface area (TPSA) is 69.4 Å². The summed E-state index contributed by atoms with van der Waals surface area (Å²) in [5.74, 6) is 4.73. The molecular formula is C12H10ClNO4. The Labute approximate surface area is 109 Å². The number of nitro benzene ring substituents is 1. The van der Waals surface area contributed by atoms with E-state index in [0.29, 0.717) is 10.6 Å². The van der Waals surface area contributed by atoms with Crippen LogP contribution in [0.5, 0.6) is 0 Å². The monoisotopic (exact) mass is 267 g/mol. The number of hydrogen-bond donors (Lipinski definition) is 0. The molecule has 0 atom stereocenters. The van der Waals surface area contributed by atoms with Gasteiger partial charge in [-0.05, 0) is 13.0 Å². The molecule has 0 spiro atoms. The minimum Gasteiger partial charge on any atom is -0.465 e. The van der Waals surface area contributed by atoms with Crippen molar-refractivity contribution in [3.8, 4) is 11.8 Å². The maximum absolute atomic E-state index is 11.0. The lowest BCUT2D eigenvalue weighted by Crippen LogP contribution is -2.01. The lowest BCUT2D eigenvalue weighted by atomic mass is 10.2. The van der Waals surface area contributed by atoms with Crippen LogP contribution in [0.25, 0.3) is 0 Å². The molecule has 0 amide bonds. The van der Waals surface area contributed by atoms with Crippen molar-refractivity contribution in [1.82, 2.24) is 0 Å². The Kier molecular flexibility index (Phi) is 5.15. The second kappa shape index (κ2) is 6.62. The van der Waals surface area contributed by atoms with Crippen molar-refractivity contribution in [3.63, 3.8) is 0 Å². The number of carbonyl (C=O) groups excluding carboxylic acids is 1. The van der Waals surface area contributed by atoms with Crippen LogP contribution < -0.4 is 0 Å². The molecule has 0 saturated heterocycles. The molecule has 0 radical (unpaired) electrons. The van der Waals surface area contributed by atoms with Gasteiger partial charge in [0.15, 0.2) is 0 Å². The molecule has 1 aromatic carbocycles. The predicted molar refractivity (Wildman–Crippen MR) is 66.2 cm³/mol. The van der Waals surface area contributed by atoms with Gasteiger partial charge < -0.3 is 4.74 Å². The maximum Gasteiger partial charge on any atom is 0.317 e. The molecule has 0 aliphatic heterocycles. The number of nitrogens with zero attached hydrogens (tertiary/aromatic N) is 1. The highest BCUT2D eigenvalue weighted by atomic mass is 35.5. The number of benzene rings is 1. The summed E-state index contributed by atoms with van der Waals surface area (Å²) in [6.45, 7) is 1.99. The van der Waals surface area contributed by atoms with Crippen LogP contribution in [0.15, 0.2) is 18.2 Å². The van der Waals surface area contributed by atoms with E-state index < -0.39 is 10.9 Å². The standard InChI is InChI=1S/C12H10ClNO4/c1-2-18-12(15)5-3-4-9-8-10(14(16)17)6-7-11(9)13/h6-8H,2,5H2,1H3. The van der Waals surface area contributed by atoms with E-state index in [1.165, 1.54) is 18.2 Å². The quantitative estimate of drug-likeness (QED) is 0.365. The third-order valence-corrected chi connectivity index (χ3v) is 2.25. The van der Waals surface area contributed by atoms with Crippen LogP contribution in [0.4, 0.5) is 5.69 Å². The van der Waals surface area contributed by atoms with E-state index in [2.05, 4.69) is 16.6 Å². The fourth-order valence-corrected chi connectivity index (χ4v) is 1.31. The summed E-state index contributed by atoms with van der Waals surface area (Å²) in [7, 11) is 0. The smallest absolute Gasteiger partial charge is 0.317 e. The first-order valence-corrected chi connectivity index (χ1v) is 5.50. The zero-order valence-electron chi connectivity index (χ0n) is 9.60. The normalized spacial score (nSPS) is 9.22. The van der Waals surface area contributed by atoms with E-state index in [0.717, 1.165) is 0 Å². The Morgan fingerprint density at radius 3 is 2.89 bits per heavy atom. The zero-order valence-corrected chi connectivity index (χ0v) is 10.4. The molecule has 0 aliphatic carbocycles. The van der Waals surface area contributed by atoms with Crippen LogP contribution in [-0.4, -0.2) is 17.5 Å². The molecule has 18 heavy (non-hydrogen) atoms. The number of ether oxygens (including phenoxy) is 1. The summed E-state index contributed by atoms with van der Waals surface area (Å²) in [6, 6.07) is 3.95. The van der Waals surface area contributed by atoms with Crippen molar-refractivity contribution in [2.45, 2.75) is 13.3 Å². The number of carbonyl (C=O) groups is 1. The van der Waals surface area contributed by atoms with Crippen molar-refractivity contribution < 1.29 is 14.5 Å². The molecule has 1 rings (SSSR count). The van der Waals surface area contributed by atoms with E-state index in [1.807, 2.05) is 0 Å². The molecule has 94 valence electrons. The maximum atomic E-state index is 11.0. The van der Waals surface area contributed by atoms with Crippen molar-refractivity contribution in [1.29, 1.82) is 0 Å². The Hall–Kier alpha value is -2.06. The van der Waals surface area contributed by atoms with Crippen LogP contribution in [0.3, 0.4) is 0 Å². The molecule has 0 aromatic heterocycles. The van der Waals surface area contributed by atoms with Gasteiger partial charge in [0.05, 0.1) is 16.6 Å². The molecule has 0 bridgehead atoms. The Morgan fingerprint density at radius 1 is 1.56 bits per heavy atom. The Bertz CT molecular complexity index is 531. The molecule has 0 N–H and O–H groups in total. The molecule has 0 saturated carbocycles. The lowest BCUT2D eigenvalue weighted by molar-refractivity contribution is -0.384. The van der Waals surface area contributed by atoms with E-state index in [-0.39, 0.29) is 18.7 Å². The fraction of sp³-hybridized carbons (Fsp3) is 0.250. The molecule has 0 unspecified atom stereocenters. The molecule has 5 nitrogen and oxygen atoms in total. The van der Waals surface area contributed by atoms with E-state index in [9.17, 15) is 14.9 Å². The van der Waals surface area contributed by atoms with Gasteiger partial charge >= 0.3 is 5.97 Å².